The van der Waals surface area contributed by atoms with Crippen LogP contribution in [0.4, 0.5) is 0 Å². The van der Waals surface area contributed by atoms with Crippen molar-refractivity contribution in [3.8, 4) is 0 Å². The summed E-state index contributed by atoms with van der Waals surface area (Å²) in [5.41, 5.74) is 0.544. The Labute approximate surface area is 96.8 Å². The Balaban J connectivity index is 3.12. The number of hydrogen-bond acceptors (Lipinski definition) is 3. The highest BCUT2D eigenvalue weighted by Crippen LogP contribution is 2.18. The van der Waals surface area contributed by atoms with Crippen LogP contribution in [0.15, 0.2) is 6.20 Å². The van der Waals surface area contributed by atoms with Crippen LogP contribution < -0.4 is 0 Å². The van der Waals surface area contributed by atoms with E-state index in [1.54, 1.807) is 10.9 Å². The van der Waals surface area contributed by atoms with E-state index < -0.39 is 0 Å². The summed E-state index contributed by atoms with van der Waals surface area (Å²) in [5.74, 6) is -0.327. The average molecular weight is 308 g/mol. The minimum atomic E-state index is -0.327. The fraction of sp³-hybridized carbons (Fsp3) is 0.556. The third kappa shape index (κ3) is 2.08. The predicted octanol–water partition coefficient (Wildman–Crippen LogP) is 2.25. The highest BCUT2D eigenvalue weighted by molar-refractivity contribution is 14.1. The number of methoxy groups -OCH3 is 1. The lowest BCUT2D eigenvalue weighted by Gasteiger charge is -2.12. The summed E-state index contributed by atoms with van der Waals surface area (Å²) >= 11 is 2.09. The van der Waals surface area contributed by atoms with Crippen molar-refractivity contribution in [1.82, 2.24) is 9.78 Å². The molecule has 0 saturated heterocycles. The third-order valence-corrected chi connectivity index (χ3v) is 2.93. The molecule has 0 aliphatic heterocycles. The van der Waals surface area contributed by atoms with Gasteiger partial charge in [-0.05, 0) is 35.9 Å². The monoisotopic (exact) mass is 308 g/mol. The highest BCUT2D eigenvalue weighted by atomic mass is 127. The van der Waals surface area contributed by atoms with Crippen LogP contribution in [0.1, 0.15) is 36.8 Å². The first-order valence-electron chi connectivity index (χ1n) is 4.43. The average Bonchev–Trinajstić information content (AvgIpc) is 2.58. The van der Waals surface area contributed by atoms with Crippen LogP contribution in [0.3, 0.4) is 0 Å². The van der Waals surface area contributed by atoms with Gasteiger partial charge in [0.2, 0.25) is 0 Å². The van der Waals surface area contributed by atoms with E-state index in [1.807, 2.05) is 6.92 Å². The van der Waals surface area contributed by atoms with Gasteiger partial charge in [-0.15, -0.1) is 0 Å². The second kappa shape index (κ2) is 4.77. The van der Waals surface area contributed by atoms with Crippen molar-refractivity contribution < 1.29 is 9.53 Å². The molecule has 1 heterocycles. The Bertz CT molecular complexity index is 336. The second-order valence-corrected chi connectivity index (χ2v) is 4.20. The molecule has 1 aromatic rings. The van der Waals surface area contributed by atoms with Crippen molar-refractivity contribution in [1.29, 1.82) is 0 Å². The molecule has 0 aliphatic carbocycles. The van der Waals surface area contributed by atoms with Crippen molar-refractivity contribution in [3.05, 3.63) is 15.5 Å². The molecule has 5 heteroatoms. The zero-order valence-corrected chi connectivity index (χ0v) is 10.6. The number of rotatable bonds is 3. The SMILES string of the molecule is CC[C@H](C)n1ncc(I)c1C(=O)OC. The van der Waals surface area contributed by atoms with Gasteiger partial charge in [-0.1, -0.05) is 6.92 Å². The maximum atomic E-state index is 11.4. The smallest absolute Gasteiger partial charge is 0.357 e. The minimum Gasteiger partial charge on any atom is -0.464 e. The van der Waals surface area contributed by atoms with Gasteiger partial charge in [0.25, 0.3) is 0 Å². The summed E-state index contributed by atoms with van der Waals surface area (Å²) in [6.07, 6.45) is 2.61. The molecule has 0 radical (unpaired) electrons. The Hall–Kier alpha value is -0.590. The maximum absolute atomic E-state index is 11.4. The van der Waals surface area contributed by atoms with Crippen LogP contribution in [0, 0.1) is 3.57 Å². The number of aromatic nitrogens is 2. The normalized spacial score (nSPS) is 12.6. The maximum Gasteiger partial charge on any atom is 0.357 e. The van der Waals surface area contributed by atoms with Crippen LogP contribution in [0.5, 0.6) is 0 Å². The number of esters is 1. The van der Waals surface area contributed by atoms with E-state index in [0.29, 0.717) is 5.69 Å². The summed E-state index contributed by atoms with van der Waals surface area (Å²) in [5, 5.41) is 4.16. The van der Waals surface area contributed by atoms with E-state index in [0.717, 1.165) is 9.99 Å². The van der Waals surface area contributed by atoms with E-state index in [9.17, 15) is 4.79 Å². The van der Waals surface area contributed by atoms with Crippen LogP contribution in [0.2, 0.25) is 0 Å². The Morgan fingerprint density at radius 1 is 1.79 bits per heavy atom. The quantitative estimate of drug-likeness (QED) is 0.635. The van der Waals surface area contributed by atoms with E-state index in [2.05, 4.69) is 34.6 Å². The molecule has 0 aliphatic rings. The molecule has 0 aromatic carbocycles. The van der Waals surface area contributed by atoms with E-state index >= 15 is 0 Å². The summed E-state index contributed by atoms with van der Waals surface area (Å²) in [7, 11) is 1.38. The van der Waals surface area contributed by atoms with E-state index in [4.69, 9.17) is 4.74 Å². The third-order valence-electron chi connectivity index (χ3n) is 2.14. The number of hydrogen-bond donors (Lipinski definition) is 0. The number of carbonyl (C=O) groups is 1. The molecule has 78 valence electrons. The summed E-state index contributed by atoms with van der Waals surface area (Å²) in [4.78, 5) is 11.4. The van der Waals surface area contributed by atoms with Crippen molar-refractivity contribution in [2.24, 2.45) is 0 Å². The molecular weight excluding hydrogens is 295 g/mol. The highest BCUT2D eigenvalue weighted by Gasteiger charge is 2.19. The molecule has 0 saturated carbocycles. The lowest BCUT2D eigenvalue weighted by Crippen LogP contribution is -2.16. The Kier molecular flexibility index (Phi) is 3.91. The zero-order valence-electron chi connectivity index (χ0n) is 8.45. The molecule has 0 N–H and O–H groups in total. The molecule has 1 aromatic heterocycles. The van der Waals surface area contributed by atoms with Gasteiger partial charge < -0.3 is 4.74 Å². The number of ether oxygens (including phenoxy) is 1. The molecule has 1 rings (SSSR count). The molecule has 0 unspecified atom stereocenters. The lowest BCUT2D eigenvalue weighted by atomic mass is 10.2. The molecule has 4 nitrogen and oxygen atoms in total. The van der Waals surface area contributed by atoms with Gasteiger partial charge in [0.1, 0.15) is 0 Å². The summed E-state index contributed by atoms with van der Waals surface area (Å²) < 4.78 is 7.25. The van der Waals surface area contributed by atoms with Crippen molar-refractivity contribution in [2.45, 2.75) is 26.3 Å². The standard InChI is InChI=1S/C9H13IN2O2/c1-4-6(2)12-8(9(13)14-3)7(10)5-11-12/h5-6H,4H2,1-3H3/t6-/m0/s1. The molecular formula is C9H13IN2O2. The van der Waals surface area contributed by atoms with Gasteiger partial charge in [-0.25, -0.2) is 4.79 Å². The van der Waals surface area contributed by atoms with Crippen molar-refractivity contribution in [2.75, 3.05) is 7.11 Å². The van der Waals surface area contributed by atoms with Gasteiger partial charge in [0.15, 0.2) is 5.69 Å². The number of carbonyl (C=O) groups excluding carboxylic acids is 1. The van der Waals surface area contributed by atoms with Crippen LogP contribution >= 0.6 is 22.6 Å². The lowest BCUT2D eigenvalue weighted by molar-refractivity contribution is 0.0582. The fourth-order valence-electron chi connectivity index (χ4n) is 1.14. The van der Waals surface area contributed by atoms with Gasteiger partial charge in [0, 0.05) is 6.04 Å². The van der Waals surface area contributed by atoms with Gasteiger partial charge in [-0.2, -0.15) is 5.10 Å². The topological polar surface area (TPSA) is 44.1 Å². The summed E-state index contributed by atoms with van der Waals surface area (Å²) in [6, 6.07) is 0.215. The Morgan fingerprint density at radius 2 is 2.43 bits per heavy atom. The molecule has 1 atom stereocenters. The molecule has 0 amide bonds. The number of nitrogens with zero attached hydrogens (tertiary/aromatic N) is 2. The first kappa shape index (κ1) is 11.5. The fourth-order valence-corrected chi connectivity index (χ4v) is 1.73. The van der Waals surface area contributed by atoms with E-state index in [1.165, 1.54) is 7.11 Å². The Morgan fingerprint density at radius 3 is 2.93 bits per heavy atom. The summed E-state index contributed by atoms with van der Waals surface area (Å²) in [6.45, 7) is 4.08. The minimum absolute atomic E-state index is 0.215. The first-order chi connectivity index (χ1) is 6.61. The van der Waals surface area contributed by atoms with Gasteiger partial charge in [-0.3, -0.25) is 4.68 Å². The molecule has 14 heavy (non-hydrogen) atoms. The predicted molar refractivity (Wildman–Crippen MR) is 61.3 cm³/mol. The van der Waals surface area contributed by atoms with Crippen LogP contribution in [-0.4, -0.2) is 22.9 Å². The van der Waals surface area contributed by atoms with Crippen molar-refractivity contribution in [3.63, 3.8) is 0 Å². The van der Waals surface area contributed by atoms with E-state index in [-0.39, 0.29) is 12.0 Å². The molecule has 0 bridgehead atoms. The second-order valence-electron chi connectivity index (χ2n) is 3.03. The molecule has 0 spiro atoms. The number of halogens is 1. The zero-order chi connectivity index (χ0) is 10.7. The van der Waals surface area contributed by atoms with Gasteiger partial charge >= 0.3 is 5.97 Å². The molecule has 0 fully saturated rings. The van der Waals surface area contributed by atoms with Crippen LogP contribution in [-0.2, 0) is 4.74 Å². The van der Waals surface area contributed by atoms with Crippen LogP contribution in [0.25, 0.3) is 0 Å². The largest absolute Gasteiger partial charge is 0.464 e. The van der Waals surface area contributed by atoms with Crippen molar-refractivity contribution >= 4 is 28.6 Å². The first-order valence-corrected chi connectivity index (χ1v) is 5.51. The van der Waals surface area contributed by atoms with Gasteiger partial charge in [0.05, 0.1) is 16.9 Å².